The molecule has 1 N–H and O–H groups in total. The normalized spacial score (nSPS) is 16.6. The predicted octanol–water partition coefficient (Wildman–Crippen LogP) is 3.14. The molecule has 3 rings (SSSR count). The third-order valence-corrected chi connectivity index (χ3v) is 5.83. The number of fused-ring (bicyclic) bond motifs is 1. The molecular formula is C21H23NO4S. The number of amides is 1. The van der Waals surface area contributed by atoms with Crippen LogP contribution in [0.1, 0.15) is 19.4 Å². The highest BCUT2D eigenvalue weighted by Crippen LogP contribution is 2.38. The highest BCUT2D eigenvalue weighted by Gasteiger charge is 2.26. The molecule has 0 fully saturated rings. The largest absolute Gasteiger partial charge is 0.487 e. The summed E-state index contributed by atoms with van der Waals surface area (Å²) in [5.41, 5.74) is 3.58. The zero-order chi connectivity index (χ0) is 19.6. The van der Waals surface area contributed by atoms with E-state index in [1.165, 1.54) is 6.26 Å². The standard InChI is InChI=1S/C21H23NO4S/c1-4-14(2)21(23)22-13-17-12-16-6-5-7-19(20(16)26-17)15-8-10-18(11-9-15)27(3,24)25/h4-11,17H,12-13H2,1-3H3,(H,22,23)/b14-4+. The Bertz CT molecular complexity index is 991. The van der Waals surface area contributed by atoms with Crippen molar-refractivity contribution in [2.75, 3.05) is 12.8 Å². The van der Waals surface area contributed by atoms with E-state index in [4.69, 9.17) is 4.74 Å². The topological polar surface area (TPSA) is 72.5 Å². The fourth-order valence-electron chi connectivity index (χ4n) is 3.04. The smallest absolute Gasteiger partial charge is 0.246 e. The van der Waals surface area contributed by atoms with Crippen LogP contribution in [0.3, 0.4) is 0 Å². The number of hydrogen-bond donors (Lipinski definition) is 1. The van der Waals surface area contributed by atoms with Gasteiger partial charge in [0.05, 0.1) is 11.4 Å². The lowest BCUT2D eigenvalue weighted by atomic mass is 10.0. The molecule has 0 spiro atoms. The molecular weight excluding hydrogens is 362 g/mol. The second-order valence-electron chi connectivity index (χ2n) is 6.72. The van der Waals surface area contributed by atoms with Crippen LogP contribution in [-0.2, 0) is 21.1 Å². The van der Waals surface area contributed by atoms with Gasteiger partial charge < -0.3 is 10.1 Å². The van der Waals surface area contributed by atoms with Crippen molar-refractivity contribution >= 4 is 15.7 Å². The molecule has 1 unspecified atom stereocenters. The lowest BCUT2D eigenvalue weighted by Gasteiger charge is -2.14. The number of carbonyl (C=O) groups is 1. The molecule has 2 aromatic rings. The zero-order valence-corrected chi connectivity index (χ0v) is 16.5. The average Bonchev–Trinajstić information content (AvgIpc) is 3.07. The van der Waals surface area contributed by atoms with E-state index in [-0.39, 0.29) is 12.0 Å². The Hall–Kier alpha value is -2.60. The van der Waals surface area contributed by atoms with Crippen LogP contribution in [-0.4, -0.2) is 33.2 Å². The Balaban J connectivity index is 1.78. The van der Waals surface area contributed by atoms with E-state index in [9.17, 15) is 13.2 Å². The predicted molar refractivity (Wildman–Crippen MR) is 106 cm³/mol. The van der Waals surface area contributed by atoms with E-state index in [1.54, 1.807) is 37.3 Å². The number of hydrogen-bond acceptors (Lipinski definition) is 4. The molecule has 0 aromatic heterocycles. The Morgan fingerprint density at radius 3 is 2.56 bits per heavy atom. The molecule has 1 atom stereocenters. The molecule has 1 heterocycles. The molecule has 5 nitrogen and oxygen atoms in total. The monoisotopic (exact) mass is 385 g/mol. The van der Waals surface area contributed by atoms with Gasteiger partial charge in [-0.15, -0.1) is 0 Å². The SMILES string of the molecule is C/C=C(\C)C(=O)NCC1Cc2cccc(-c3ccc(S(C)(=O)=O)cc3)c2O1. The number of sulfone groups is 1. The maximum Gasteiger partial charge on any atom is 0.246 e. The first-order valence-corrected chi connectivity index (χ1v) is 10.7. The van der Waals surface area contributed by atoms with E-state index in [1.807, 2.05) is 25.1 Å². The molecule has 0 saturated carbocycles. The quantitative estimate of drug-likeness (QED) is 0.803. The van der Waals surface area contributed by atoms with Crippen molar-refractivity contribution in [3.8, 4) is 16.9 Å². The van der Waals surface area contributed by atoms with Crippen molar-refractivity contribution in [3.63, 3.8) is 0 Å². The molecule has 27 heavy (non-hydrogen) atoms. The molecule has 6 heteroatoms. The molecule has 0 aliphatic carbocycles. The number of nitrogens with one attached hydrogen (secondary N) is 1. The third kappa shape index (κ3) is 4.22. The van der Waals surface area contributed by atoms with Gasteiger partial charge in [0.1, 0.15) is 11.9 Å². The van der Waals surface area contributed by atoms with Crippen LogP contribution < -0.4 is 10.1 Å². The molecule has 2 aromatic carbocycles. The first kappa shape index (κ1) is 19.2. The number of para-hydroxylation sites is 1. The fourth-order valence-corrected chi connectivity index (χ4v) is 3.67. The minimum absolute atomic E-state index is 0.0892. The van der Waals surface area contributed by atoms with Gasteiger partial charge in [0.25, 0.3) is 0 Å². The maximum atomic E-state index is 11.9. The summed E-state index contributed by atoms with van der Waals surface area (Å²) in [5.74, 6) is 0.709. The van der Waals surface area contributed by atoms with Crippen molar-refractivity contribution in [1.29, 1.82) is 0 Å². The third-order valence-electron chi connectivity index (χ3n) is 4.70. The Morgan fingerprint density at radius 1 is 1.22 bits per heavy atom. The summed E-state index contributed by atoms with van der Waals surface area (Å²) in [7, 11) is -3.22. The summed E-state index contributed by atoms with van der Waals surface area (Å²) in [4.78, 5) is 12.2. The highest BCUT2D eigenvalue weighted by atomic mass is 32.2. The number of rotatable bonds is 5. The van der Waals surface area contributed by atoms with E-state index >= 15 is 0 Å². The highest BCUT2D eigenvalue weighted by molar-refractivity contribution is 7.90. The van der Waals surface area contributed by atoms with Crippen molar-refractivity contribution < 1.29 is 17.9 Å². The van der Waals surface area contributed by atoms with Gasteiger partial charge in [-0.05, 0) is 37.1 Å². The lowest BCUT2D eigenvalue weighted by Crippen LogP contribution is -2.34. The van der Waals surface area contributed by atoms with Crippen molar-refractivity contribution in [1.82, 2.24) is 5.32 Å². The summed E-state index contributed by atoms with van der Waals surface area (Å²) >= 11 is 0. The number of carbonyl (C=O) groups excluding carboxylic acids is 1. The Morgan fingerprint density at radius 2 is 1.93 bits per heavy atom. The van der Waals surface area contributed by atoms with Gasteiger partial charge in [0.15, 0.2) is 9.84 Å². The number of allylic oxidation sites excluding steroid dienone is 1. The van der Waals surface area contributed by atoms with Gasteiger partial charge in [-0.25, -0.2) is 8.42 Å². The van der Waals surface area contributed by atoms with E-state index < -0.39 is 9.84 Å². The van der Waals surface area contributed by atoms with Crippen LogP contribution in [0.4, 0.5) is 0 Å². The van der Waals surface area contributed by atoms with Gasteiger partial charge >= 0.3 is 0 Å². The number of benzene rings is 2. The van der Waals surface area contributed by atoms with Crippen LogP contribution in [0.25, 0.3) is 11.1 Å². The van der Waals surface area contributed by atoms with Gasteiger partial charge in [-0.3, -0.25) is 4.79 Å². The van der Waals surface area contributed by atoms with Gasteiger partial charge in [-0.1, -0.05) is 36.4 Å². The summed E-state index contributed by atoms with van der Waals surface area (Å²) in [6.45, 7) is 4.04. The first-order valence-electron chi connectivity index (χ1n) is 8.79. The van der Waals surface area contributed by atoms with Crippen LogP contribution in [0.15, 0.2) is 59.0 Å². The van der Waals surface area contributed by atoms with E-state index in [2.05, 4.69) is 5.32 Å². The average molecular weight is 385 g/mol. The fraction of sp³-hybridized carbons (Fsp3) is 0.286. The molecule has 0 saturated heterocycles. The van der Waals surface area contributed by atoms with E-state index in [0.29, 0.717) is 17.0 Å². The van der Waals surface area contributed by atoms with Crippen LogP contribution in [0.5, 0.6) is 5.75 Å². The molecule has 1 amide bonds. The molecule has 1 aliphatic heterocycles. The first-order chi connectivity index (χ1) is 12.8. The summed E-state index contributed by atoms with van der Waals surface area (Å²) in [6.07, 6.45) is 3.57. The lowest BCUT2D eigenvalue weighted by molar-refractivity contribution is -0.117. The van der Waals surface area contributed by atoms with Crippen LogP contribution in [0.2, 0.25) is 0 Å². The Kier molecular flexibility index (Phi) is 5.37. The minimum atomic E-state index is -3.22. The van der Waals surface area contributed by atoms with Gasteiger partial charge in [0.2, 0.25) is 5.91 Å². The molecule has 0 bridgehead atoms. The molecule has 1 aliphatic rings. The van der Waals surface area contributed by atoms with Crippen LogP contribution >= 0.6 is 0 Å². The summed E-state index contributed by atoms with van der Waals surface area (Å²) < 4.78 is 29.4. The van der Waals surface area contributed by atoms with Crippen molar-refractivity contribution in [2.24, 2.45) is 0 Å². The van der Waals surface area contributed by atoms with E-state index in [0.717, 1.165) is 28.9 Å². The number of ether oxygens (including phenoxy) is 1. The second kappa shape index (κ2) is 7.56. The molecule has 0 radical (unpaired) electrons. The van der Waals surface area contributed by atoms with Crippen LogP contribution in [0, 0.1) is 0 Å². The van der Waals surface area contributed by atoms with Crippen molar-refractivity contribution in [3.05, 3.63) is 59.7 Å². The molecule has 142 valence electrons. The Labute approximate surface area is 160 Å². The maximum absolute atomic E-state index is 11.9. The summed E-state index contributed by atoms with van der Waals surface area (Å²) in [5, 5.41) is 2.89. The van der Waals surface area contributed by atoms with Crippen molar-refractivity contribution in [2.45, 2.75) is 31.3 Å². The van der Waals surface area contributed by atoms with Gasteiger partial charge in [-0.2, -0.15) is 0 Å². The minimum Gasteiger partial charge on any atom is -0.487 e. The second-order valence-corrected chi connectivity index (χ2v) is 8.73. The van der Waals surface area contributed by atoms with Gasteiger partial charge in [0, 0.05) is 23.8 Å². The zero-order valence-electron chi connectivity index (χ0n) is 15.7. The summed E-state index contributed by atoms with van der Waals surface area (Å²) in [6, 6.07) is 12.7.